The summed E-state index contributed by atoms with van der Waals surface area (Å²) in [5.41, 5.74) is 8.46. The summed E-state index contributed by atoms with van der Waals surface area (Å²) in [6.45, 7) is 2.10. The maximum Gasteiger partial charge on any atom is 0.248 e. The zero-order valence-corrected chi connectivity index (χ0v) is 14.9. The highest BCUT2D eigenvalue weighted by Crippen LogP contribution is 2.35. The molecular weight excluding hydrogens is 330 g/mol. The van der Waals surface area contributed by atoms with Gasteiger partial charge in [-0.3, -0.25) is 9.79 Å². The van der Waals surface area contributed by atoms with Gasteiger partial charge in [-0.2, -0.15) is 0 Å². The minimum absolute atomic E-state index is 0.154. The van der Waals surface area contributed by atoms with E-state index in [1.807, 2.05) is 48.5 Å². The van der Waals surface area contributed by atoms with E-state index in [1.165, 1.54) is 0 Å². The van der Waals surface area contributed by atoms with Gasteiger partial charge in [0.15, 0.2) is 5.17 Å². The molecule has 0 saturated carbocycles. The van der Waals surface area contributed by atoms with E-state index in [0.717, 1.165) is 29.0 Å². The van der Waals surface area contributed by atoms with Gasteiger partial charge in [0.2, 0.25) is 5.91 Å². The molecule has 1 unspecified atom stereocenters. The van der Waals surface area contributed by atoms with Crippen molar-refractivity contribution < 1.29 is 4.79 Å². The number of amidine groups is 1. The maximum atomic E-state index is 12.0. The Bertz CT molecular complexity index is 817. The summed E-state index contributed by atoms with van der Waals surface area (Å²) in [5, 5.41) is 3.47. The third kappa shape index (κ3) is 4.51. The molecule has 128 valence electrons. The van der Waals surface area contributed by atoms with E-state index in [2.05, 4.69) is 29.4 Å². The number of benzene rings is 2. The second-order valence-corrected chi connectivity index (χ2v) is 7.25. The first-order valence-electron chi connectivity index (χ1n) is 8.18. The molecule has 0 fully saturated rings. The number of para-hydroxylation sites is 1. The SMILES string of the molecule is CC1(c2cccc(C=CC(=O)Nc3ccccc3)c2)CCSC(N)=N1. The molecule has 1 aliphatic rings. The molecule has 0 saturated heterocycles. The van der Waals surface area contributed by atoms with Crippen LogP contribution < -0.4 is 11.1 Å². The zero-order chi connectivity index (χ0) is 17.7. The molecule has 3 rings (SSSR count). The summed E-state index contributed by atoms with van der Waals surface area (Å²) in [5.74, 6) is 0.810. The number of hydrogen-bond donors (Lipinski definition) is 2. The lowest BCUT2D eigenvalue weighted by Crippen LogP contribution is -2.28. The molecule has 0 bridgehead atoms. The molecule has 0 spiro atoms. The Labute approximate surface area is 152 Å². The smallest absolute Gasteiger partial charge is 0.248 e. The van der Waals surface area contributed by atoms with Gasteiger partial charge in [0, 0.05) is 17.5 Å². The molecule has 1 atom stereocenters. The van der Waals surface area contributed by atoms with Crippen LogP contribution in [0.4, 0.5) is 5.69 Å². The van der Waals surface area contributed by atoms with Gasteiger partial charge >= 0.3 is 0 Å². The number of nitrogens with two attached hydrogens (primary N) is 1. The highest BCUT2D eigenvalue weighted by Gasteiger charge is 2.29. The summed E-state index contributed by atoms with van der Waals surface area (Å²) in [4.78, 5) is 16.7. The molecule has 5 heteroatoms. The highest BCUT2D eigenvalue weighted by molar-refractivity contribution is 8.13. The first-order valence-corrected chi connectivity index (χ1v) is 9.16. The Balaban J connectivity index is 1.73. The predicted octanol–water partition coefficient (Wildman–Crippen LogP) is 4.01. The van der Waals surface area contributed by atoms with Gasteiger partial charge in [-0.25, -0.2) is 0 Å². The Morgan fingerprint density at radius 1 is 1.24 bits per heavy atom. The maximum absolute atomic E-state index is 12.0. The van der Waals surface area contributed by atoms with E-state index in [-0.39, 0.29) is 11.4 Å². The van der Waals surface area contributed by atoms with Crippen LogP contribution in [-0.2, 0) is 10.3 Å². The van der Waals surface area contributed by atoms with Crippen molar-refractivity contribution >= 4 is 34.6 Å². The predicted molar refractivity (Wildman–Crippen MR) is 107 cm³/mol. The second-order valence-electron chi connectivity index (χ2n) is 6.14. The Morgan fingerprint density at radius 3 is 2.80 bits per heavy atom. The average molecular weight is 351 g/mol. The largest absolute Gasteiger partial charge is 0.379 e. The molecule has 2 aromatic carbocycles. The van der Waals surface area contributed by atoms with Crippen molar-refractivity contribution in [1.29, 1.82) is 0 Å². The van der Waals surface area contributed by atoms with E-state index >= 15 is 0 Å². The van der Waals surface area contributed by atoms with E-state index in [4.69, 9.17) is 5.73 Å². The normalized spacial score (nSPS) is 20.3. The lowest BCUT2D eigenvalue weighted by molar-refractivity contribution is -0.111. The van der Waals surface area contributed by atoms with Crippen LogP contribution in [0.2, 0.25) is 0 Å². The number of anilines is 1. The van der Waals surface area contributed by atoms with Gasteiger partial charge in [-0.1, -0.05) is 48.2 Å². The molecular formula is C20H21N3OS. The van der Waals surface area contributed by atoms with Gasteiger partial charge in [-0.05, 0) is 48.7 Å². The number of nitrogens with one attached hydrogen (secondary N) is 1. The standard InChI is InChI=1S/C20H21N3OS/c1-20(12-13-25-19(21)23-20)16-7-5-6-15(14-16)10-11-18(24)22-17-8-3-2-4-9-17/h2-11,14H,12-13H2,1H3,(H2,21,23)(H,22,24). The molecule has 2 aromatic rings. The third-order valence-electron chi connectivity index (χ3n) is 4.17. The molecule has 1 aliphatic heterocycles. The summed E-state index contributed by atoms with van der Waals surface area (Å²) in [7, 11) is 0. The Hall–Kier alpha value is -2.53. The lowest BCUT2D eigenvalue weighted by atomic mass is 9.89. The van der Waals surface area contributed by atoms with Crippen LogP contribution in [0.1, 0.15) is 24.5 Å². The number of carbonyl (C=O) groups excluding carboxylic acids is 1. The third-order valence-corrected chi connectivity index (χ3v) is 4.97. The zero-order valence-electron chi connectivity index (χ0n) is 14.1. The Morgan fingerprint density at radius 2 is 2.04 bits per heavy atom. The topological polar surface area (TPSA) is 67.5 Å². The minimum Gasteiger partial charge on any atom is -0.379 e. The van der Waals surface area contributed by atoms with E-state index < -0.39 is 0 Å². The van der Waals surface area contributed by atoms with Crippen LogP contribution >= 0.6 is 11.8 Å². The van der Waals surface area contributed by atoms with Crippen molar-refractivity contribution in [2.75, 3.05) is 11.1 Å². The average Bonchev–Trinajstić information content (AvgIpc) is 2.61. The van der Waals surface area contributed by atoms with E-state index in [0.29, 0.717) is 5.17 Å². The fourth-order valence-corrected chi connectivity index (χ4v) is 3.72. The van der Waals surface area contributed by atoms with E-state index in [1.54, 1.807) is 17.8 Å². The van der Waals surface area contributed by atoms with Crippen LogP contribution in [0.15, 0.2) is 65.7 Å². The summed E-state index contributed by atoms with van der Waals surface area (Å²) < 4.78 is 0. The molecule has 3 N–H and O–H groups in total. The monoisotopic (exact) mass is 351 g/mol. The van der Waals surface area contributed by atoms with Gasteiger partial charge < -0.3 is 11.1 Å². The van der Waals surface area contributed by atoms with Crippen LogP contribution in [0.3, 0.4) is 0 Å². The number of thioether (sulfide) groups is 1. The van der Waals surface area contributed by atoms with Crippen molar-refractivity contribution in [3.63, 3.8) is 0 Å². The van der Waals surface area contributed by atoms with Gasteiger partial charge in [-0.15, -0.1) is 0 Å². The van der Waals surface area contributed by atoms with Gasteiger partial charge in [0.05, 0.1) is 5.54 Å². The van der Waals surface area contributed by atoms with Crippen molar-refractivity contribution in [2.45, 2.75) is 18.9 Å². The number of hydrogen-bond acceptors (Lipinski definition) is 4. The molecule has 0 radical (unpaired) electrons. The number of amides is 1. The fraction of sp³-hybridized carbons (Fsp3) is 0.200. The van der Waals surface area contributed by atoms with E-state index in [9.17, 15) is 4.79 Å². The van der Waals surface area contributed by atoms with Gasteiger partial charge in [0.25, 0.3) is 0 Å². The first kappa shape index (κ1) is 17.3. The lowest BCUT2D eigenvalue weighted by Gasteiger charge is -2.29. The van der Waals surface area contributed by atoms with Crippen LogP contribution in [-0.4, -0.2) is 16.8 Å². The number of nitrogens with zero attached hydrogens (tertiary/aromatic N) is 1. The minimum atomic E-state index is -0.300. The molecule has 4 nitrogen and oxygen atoms in total. The quantitative estimate of drug-likeness (QED) is 0.818. The molecule has 25 heavy (non-hydrogen) atoms. The Kier molecular flexibility index (Phi) is 5.24. The summed E-state index contributed by atoms with van der Waals surface area (Å²) in [6.07, 6.45) is 4.30. The molecule has 0 aliphatic carbocycles. The summed E-state index contributed by atoms with van der Waals surface area (Å²) >= 11 is 1.60. The van der Waals surface area contributed by atoms with Crippen molar-refractivity contribution in [1.82, 2.24) is 0 Å². The molecule has 0 aromatic heterocycles. The fourth-order valence-electron chi connectivity index (χ4n) is 2.75. The van der Waals surface area contributed by atoms with Gasteiger partial charge in [0.1, 0.15) is 0 Å². The number of aliphatic imine (C=N–C) groups is 1. The van der Waals surface area contributed by atoms with Crippen molar-refractivity contribution in [2.24, 2.45) is 10.7 Å². The van der Waals surface area contributed by atoms with Crippen LogP contribution in [0, 0.1) is 0 Å². The van der Waals surface area contributed by atoms with Crippen molar-refractivity contribution in [3.05, 3.63) is 71.8 Å². The second kappa shape index (κ2) is 7.57. The number of rotatable bonds is 4. The van der Waals surface area contributed by atoms with Crippen LogP contribution in [0.5, 0.6) is 0 Å². The van der Waals surface area contributed by atoms with Crippen molar-refractivity contribution in [3.8, 4) is 0 Å². The molecule has 1 amide bonds. The summed E-state index contributed by atoms with van der Waals surface area (Å²) in [6, 6.07) is 17.5. The number of carbonyl (C=O) groups is 1. The molecule has 1 heterocycles. The first-order chi connectivity index (χ1) is 12.0. The van der Waals surface area contributed by atoms with Crippen LogP contribution in [0.25, 0.3) is 6.08 Å². The highest BCUT2D eigenvalue weighted by atomic mass is 32.2.